The fourth-order valence-corrected chi connectivity index (χ4v) is 7.71. The Kier molecular flexibility index (Phi) is 13.8. The van der Waals surface area contributed by atoms with Gasteiger partial charge in [-0.25, -0.2) is 25.3 Å². The molecule has 6 aromatic rings. The van der Waals surface area contributed by atoms with E-state index in [9.17, 15) is 25.3 Å². The first-order valence-electron chi connectivity index (χ1n) is 13.4. The van der Waals surface area contributed by atoms with Gasteiger partial charge in [0.1, 0.15) is 0 Å². The van der Waals surface area contributed by atoms with Gasteiger partial charge in [-0.1, -0.05) is 54.6 Å². The summed E-state index contributed by atoms with van der Waals surface area (Å²) in [4.78, 5) is 1.84. The van der Waals surface area contributed by atoms with E-state index in [1.54, 1.807) is 164 Å². The molecule has 0 fully saturated rings. The van der Waals surface area contributed by atoms with Crippen molar-refractivity contribution in [2.45, 2.75) is 29.4 Å². The molecule has 10 heteroatoms. The first-order valence-corrected chi connectivity index (χ1v) is 17.9. The summed E-state index contributed by atoms with van der Waals surface area (Å²) in [6.07, 6.45) is 0. The monoisotopic (exact) mass is 740 g/mol. The molecular formula is C36H27O6S3Y. The second-order valence-corrected chi connectivity index (χ2v) is 15.0. The SMILES string of the molecule is O=S(=O)(c1cc[c-]cc1)c1ccccc1.O=S(=O)(c1cc[c-]cc1)c1ccccc1.O=S(=O)(c1cc[c-]cc1)c1ccccc1.[Y+3]. The Bertz CT molecular complexity index is 1710. The van der Waals surface area contributed by atoms with Crippen molar-refractivity contribution in [1.82, 2.24) is 0 Å². The molecule has 0 amide bonds. The van der Waals surface area contributed by atoms with Gasteiger partial charge in [-0.15, -0.1) is 0 Å². The second-order valence-electron chi connectivity index (χ2n) is 9.16. The Morgan fingerprint density at radius 1 is 0.283 bits per heavy atom. The van der Waals surface area contributed by atoms with Crippen molar-refractivity contribution < 1.29 is 58.0 Å². The molecule has 0 saturated heterocycles. The smallest absolute Gasteiger partial charge is 0.221 e. The molecule has 0 radical (unpaired) electrons. The molecule has 0 aliphatic carbocycles. The minimum absolute atomic E-state index is 0. The summed E-state index contributed by atoms with van der Waals surface area (Å²) in [6.45, 7) is 0. The van der Waals surface area contributed by atoms with Crippen molar-refractivity contribution in [2.75, 3.05) is 0 Å². The van der Waals surface area contributed by atoms with E-state index < -0.39 is 29.5 Å². The standard InChI is InChI=1S/3C12H9O2S.Y/c3*13-15(14,11-7-3-1-4-8-11)12-9-5-2-6-10-12;/h3*1,3-10H;/q3*-1;+3. The third kappa shape index (κ3) is 9.64. The van der Waals surface area contributed by atoms with Crippen LogP contribution in [0.5, 0.6) is 0 Å². The Labute approximate surface area is 296 Å². The maximum absolute atomic E-state index is 12.0. The van der Waals surface area contributed by atoms with Crippen molar-refractivity contribution >= 4 is 29.5 Å². The largest absolute Gasteiger partial charge is 3.00 e. The van der Waals surface area contributed by atoms with Crippen LogP contribution in [0.3, 0.4) is 0 Å². The number of rotatable bonds is 6. The van der Waals surface area contributed by atoms with Crippen LogP contribution < -0.4 is 0 Å². The summed E-state index contributed by atoms with van der Waals surface area (Å²) in [7, 11) is -10.1. The van der Waals surface area contributed by atoms with Gasteiger partial charge in [-0.2, -0.15) is 91.0 Å². The van der Waals surface area contributed by atoms with Crippen LogP contribution >= 0.6 is 0 Å². The van der Waals surface area contributed by atoms with Gasteiger partial charge >= 0.3 is 32.7 Å². The number of hydrogen-bond donors (Lipinski definition) is 0. The quantitative estimate of drug-likeness (QED) is 0.171. The topological polar surface area (TPSA) is 102 Å². The molecule has 0 aliphatic heterocycles. The van der Waals surface area contributed by atoms with Crippen molar-refractivity contribution in [3.05, 3.63) is 182 Å². The number of benzene rings is 6. The van der Waals surface area contributed by atoms with Crippen LogP contribution in [0, 0.1) is 18.2 Å². The molecule has 46 heavy (non-hydrogen) atoms. The Morgan fingerprint density at radius 3 is 0.652 bits per heavy atom. The molecule has 0 atom stereocenters. The third-order valence-electron chi connectivity index (χ3n) is 6.15. The zero-order valence-electron chi connectivity index (χ0n) is 24.3. The van der Waals surface area contributed by atoms with Gasteiger partial charge in [0.05, 0.1) is 14.7 Å². The van der Waals surface area contributed by atoms with Crippen LogP contribution in [-0.4, -0.2) is 25.3 Å². The molecule has 6 nitrogen and oxygen atoms in total. The first kappa shape index (κ1) is 36.7. The third-order valence-corrected chi connectivity index (χ3v) is 11.5. The molecule has 0 aromatic heterocycles. The van der Waals surface area contributed by atoms with E-state index in [0.717, 1.165) is 0 Å². The normalized spacial score (nSPS) is 11.0. The van der Waals surface area contributed by atoms with Crippen LogP contribution in [0.25, 0.3) is 0 Å². The maximum Gasteiger partial charge on any atom is 3.00 e. The molecule has 228 valence electrons. The minimum atomic E-state index is -3.36. The Morgan fingerprint density at radius 2 is 0.457 bits per heavy atom. The van der Waals surface area contributed by atoms with Crippen LogP contribution in [0.15, 0.2) is 193 Å². The fourth-order valence-electron chi connectivity index (χ4n) is 3.86. The number of sulfone groups is 3. The molecule has 6 aromatic carbocycles. The van der Waals surface area contributed by atoms with Gasteiger partial charge < -0.3 is 0 Å². The molecule has 0 heterocycles. The molecule has 0 saturated carbocycles. The van der Waals surface area contributed by atoms with Crippen molar-refractivity contribution in [3.63, 3.8) is 0 Å². The van der Waals surface area contributed by atoms with Gasteiger partial charge in [0, 0.05) is 0 Å². The van der Waals surface area contributed by atoms with Crippen molar-refractivity contribution in [1.29, 1.82) is 0 Å². The average molecular weight is 741 g/mol. The van der Waals surface area contributed by atoms with Crippen LogP contribution in [-0.2, 0) is 62.2 Å². The predicted molar refractivity (Wildman–Crippen MR) is 172 cm³/mol. The summed E-state index contributed by atoms with van der Waals surface area (Å²) in [5.74, 6) is 0. The zero-order chi connectivity index (χ0) is 32.2. The van der Waals surface area contributed by atoms with Crippen LogP contribution in [0.2, 0.25) is 0 Å². The van der Waals surface area contributed by atoms with Gasteiger partial charge in [0.15, 0.2) is 29.5 Å². The van der Waals surface area contributed by atoms with Gasteiger partial charge in [0.25, 0.3) is 0 Å². The summed E-state index contributed by atoms with van der Waals surface area (Å²) >= 11 is 0. The number of hydrogen-bond acceptors (Lipinski definition) is 6. The van der Waals surface area contributed by atoms with E-state index in [1.807, 2.05) is 0 Å². The summed E-state index contributed by atoms with van der Waals surface area (Å²) < 4.78 is 72.1. The Balaban J connectivity index is 0.000000186. The molecule has 0 aliphatic rings. The summed E-state index contributed by atoms with van der Waals surface area (Å²) in [5, 5.41) is 0. The predicted octanol–water partition coefficient (Wildman–Crippen LogP) is 6.96. The van der Waals surface area contributed by atoms with Crippen molar-refractivity contribution in [3.8, 4) is 0 Å². The van der Waals surface area contributed by atoms with Gasteiger partial charge in [0.2, 0.25) is 0 Å². The maximum atomic E-state index is 12.0. The molecule has 0 bridgehead atoms. The molecular weight excluding hydrogens is 713 g/mol. The molecule has 6 rings (SSSR count). The zero-order valence-corrected chi connectivity index (χ0v) is 29.6. The van der Waals surface area contributed by atoms with Gasteiger partial charge in [-0.05, 0) is 51.1 Å². The summed E-state index contributed by atoms with van der Waals surface area (Å²) in [5.41, 5.74) is 0. The Hall–Kier alpha value is -3.73. The van der Waals surface area contributed by atoms with Crippen LogP contribution in [0.1, 0.15) is 0 Å². The van der Waals surface area contributed by atoms with E-state index >= 15 is 0 Å². The van der Waals surface area contributed by atoms with E-state index in [4.69, 9.17) is 0 Å². The molecule has 0 unspecified atom stereocenters. The van der Waals surface area contributed by atoms with Crippen LogP contribution in [0.4, 0.5) is 0 Å². The second kappa shape index (κ2) is 17.3. The fraction of sp³-hybridized carbons (Fsp3) is 0. The van der Waals surface area contributed by atoms with E-state index in [-0.39, 0.29) is 32.7 Å². The van der Waals surface area contributed by atoms with E-state index in [2.05, 4.69) is 18.2 Å². The molecule has 0 spiro atoms. The van der Waals surface area contributed by atoms with Gasteiger partial charge in [-0.3, -0.25) is 0 Å². The summed E-state index contributed by atoms with van der Waals surface area (Å²) in [6, 6.07) is 52.4. The first-order chi connectivity index (χ1) is 21.6. The van der Waals surface area contributed by atoms with E-state index in [1.165, 1.54) is 0 Å². The average Bonchev–Trinajstić information content (AvgIpc) is 3.11. The minimum Gasteiger partial charge on any atom is -0.221 e. The van der Waals surface area contributed by atoms with Crippen molar-refractivity contribution in [2.24, 2.45) is 0 Å². The van der Waals surface area contributed by atoms with E-state index in [0.29, 0.717) is 29.4 Å². The molecule has 0 N–H and O–H groups in total.